The van der Waals surface area contributed by atoms with Gasteiger partial charge in [0, 0.05) is 26.1 Å². The average molecular weight is 290 g/mol. The number of nitrogens with one attached hydrogen (secondary N) is 2. The molecule has 2 N–H and O–H groups in total. The van der Waals surface area contributed by atoms with E-state index in [0.29, 0.717) is 13.0 Å². The molecule has 6 heteroatoms. The minimum absolute atomic E-state index is 0.00235. The molecular formula is C15H19FN4O. The van der Waals surface area contributed by atoms with Gasteiger partial charge in [0.15, 0.2) is 0 Å². The molecule has 1 atom stereocenters. The first-order valence-corrected chi connectivity index (χ1v) is 7.35. The average Bonchev–Trinajstić information content (AvgIpc) is 2.79. The zero-order valence-corrected chi connectivity index (χ0v) is 12.0. The maximum absolute atomic E-state index is 13.5. The van der Waals surface area contributed by atoms with Crippen molar-refractivity contribution in [2.45, 2.75) is 32.4 Å². The number of carbonyl (C=O) groups excluding carboxylic acids is 1. The molecule has 21 heavy (non-hydrogen) atoms. The molecule has 0 saturated carbocycles. The van der Waals surface area contributed by atoms with Crippen LogP contribution in [0.15, 0.2) is 18.2 Å². The number of piperazine rings is 1. The summed E-state index contributed by atoms with van der Waals surface area (Å²) in [5, 5.41) is 6.05. The highest BCUT2D eigenvalue weighted by Gasteiger charge is 2.24. The molecule has 1 aliphatic heterocycles. The first kappa shape index (κ1) is 14.0. The highest BCUT2D eigenvalue weighted by atomic mass is 19.1. The molecule has 0 spiro atoms. The van der Waals surface area contributed by atoms with Crippen LogP contribution in [0.1, 0.15) is 19.2 Å². The number of aromatic nitrogens is 2. The Morgan fingerprint density at radius 1 is 1.43 bits per heavy atom. The second-order valence-corrected chi connectivity index (χ2v) is 5.31. The Kier molecular flexibility index (Phi) is 3.88. The summed E-state index contributed by atoms with van der Waals surface area (Å²) >= 11 is 0. The Balaban J connectivity index is 1.96. The quantitative estimate of drug-likeness (QED) is 0.890. The van der Waals surface area contributed by atoms with Crippen LogP contribution in [0.3, 0.4) is 0 Å². The molecule has 0 aliphatic carbocycles. The third kappa shape index (κ3) is 2.76. The van der Waals surface area contributed by atoms with Crippen LogP contribution in [-0.2, 0) is 17.8 Å². The molecule has 1 unspecified atom stereocenters. The van der Waals surface area contributed by atoms with Crippen molar-refractivity contribution in [3.05, 3.63) is 29.8 Å². The van der Waals surface area contributed by atoms with Gasteiger partial charge in [-0.2, -0.15) is 0 Å². The van der Waals surface area contributed by atoms with Crippen molar-refractivity contribution in [3.8, 4) is 0 Å². The highest BCUT2D eigenvalue weighted by Crippen LogP contribution is 2.19. The SMILES string of the molecule is CCCn1c(CC2NCCNC2=O)nc2ccc(F)cc21. The Labute approximate surface area is 122 Å². The summed E-state index contributed by atoms with van der Waals surface area (Å²) in [4.78, 5) is 16.4. The normalized spacial score (nSPS) is 19.0. The zero-order chi connectivity index (χ0) is 14.8. The monoisotopic (exact) mass is 290 g/mol. The molecule has 3 rings (SSSR count). The number of rotatable bonds is 4. The minimum Gasteiger partial charge on any atom is -0.353 e. The van der Waals surface area contributed by atoms with E-state index < -0.39 is 0 Å². The highest BCUT2D eigenvalue weighted by molar-refractivity contribution is 5.83. The number of nitrogens with zero attached hydrogens (tertiary/aromatic N) is 2. The fourth-order valence-corrected chi connectivity index (χ4v) is 2.77. The van der Waals surface area contributed by atoms with Crippen LogP contribution in [0.5, 0.6) is 0 Å². The van der Waals surface area contributed by atoms with Crippen LogP contribution in [0, 0.1) is 5.82 Å². The van der Waals surface area contributed by atoms with E-state index in [9.17, 15) is 9.18 Å². The number of hydrogen-bond donors (Lipinski definition) is 2. The van der Waals surface area contributed by atoms with Gasteiger partial charge in [-0.1, -0.05) is 6.92 Å². The molecule has 2 aromatic rings. The van der Waals surface area contributed by atoms with Crippen molar-refractivity contribution in [1.82, 2.24) is 20.2 Å². The summed E-state index contributed by atoms with van der Waals surface area (Å²) in [6.45, 7) is 4.26. The molecule has 1 fully saturated rings. The lowest BCUT2D eigenvalue weighted by Crippen LogP contribution is -2.54. The molecule has 0 bridgehead atoms. The second kappa shape index (κ2) is 5.81. The molecule has 0 radical (unpaired) electrons. The first-order valence-electron chi connectivity index (χ1n) is 7.35. The molecule has 2 heterocycles. The van der Waals surface area contributed by atoms with E-state index >= 15 is 0 Å². The van der Waals surface area contributed by atoms with Crippen molar-refractivity contribution < 1.29 is 9.18 Å². The fraction of sp³-hybridized carbons (Fsp3) is 0.467. The van der Waals surface area contributed by atoms with E-state index in [-0.39, 0.29) is 17.8 Å². The van der Waals surface area contributed by atoms with Gasteiger partial charge in [-0.15, -0.1) is 0 Å². The van der Waals surface area contributed by atoms with Crippen molar-refractivity contribution in [1.29, 1.82) is 0 Å². The molecule has 1 aromatic heterocycles. The van der Waals surface area contributed by atoms with E-state index in [1.807, 2.05) is 4.57 Å². The lowest BCUT2D eigenvalue weighted by molar-refractivity contribution is -0.124. The number of fused-ring (bicyclic) bond motifs is 1. The molecule has 1 aliphatic rings. The Hall–Kier alpha value is -1.95. The number of hydrogen-bond acceptors (Lipinski definition) is 3. The molecular weight excluding hydrogens is 271 g/mol. The second-order valence-electron chi connectivity index (χ2n) is 5.31. The molecule has 5 nitrogen and oxygen atoms in total. The topological polar surface area (TPSA) is 59.0 Å². The number of halogens is 1. The van der Waals surface area contributed by atoms with Gasteiger partial charge >= 0.3 is 0 Å². The summed E-state index contributed by atoms with van der Waals surface area (Å²) in [6, 6.07) is 4.35. The maximum Gasteiger partial charge on any atom is 0.237 e. The summed E-state index contributed by atoms with van der Waals surface area (Å²) in [6.07, 6.45) is 1.45. The van der Waals surface area contributed by atoms with Crippen LogP contribution in [-0.4, -0.2) is 34.6 Å². The molecule has 112 valence electrons. The van der Waals surface area contributed by atoms with Crippen molar-refractivity contribution in [2.75, 3.05) is 13.1 Å². The van der Waals surface area contributed by atoms with Crippen LogP contribution in [0.4, 0.5) is 4.39 Å². The Bertz CT molecular complexity index is 667. The third-order valence-electron chi connectivity index (χ3n) is 3.75. The van der Waals surface area contributed by atoms with E-state index in [1.165, 1.54) is 12.1 Å². The Morgan fingerprint density at radius 2 is 2.29 bits per heavy atom. The van der Waals surface area contributed by atoms with Crippen molar-refractivity contribution in [3.63, 3.8) is 0 Å². The minimum atomic E-state index is -0.268. The van der Waals surface area contributed by atoms with Crippen LogP contribution >= 0.6 is 0 Å². The van der Waals surface area contributed by atoms with Gasteiger partial charge in [0.1, 0.15) is 11.6 Å². The summed E-state index contributed by atoms with van der Waals surface area (Å²) < 4.78 is 15.5. The summed E-state index contributed by atoms with van der Waals surface area (Å²) in [5.41, 5.74) is 1.57. The first-order chi connectivity index (χ1) is 10.2. The molecule has 1 amide bonds. The van der Waals surface area contributed by atoms with Crippen molar-refractivity contribution >= 4 is 16.9 Å². The molecule has 1 saturated heterocycles. The van der Waals surface area contributed by atoms with Gasteiger partial charge in [0.25, 0.3) is 0 Å². The number of imidazole rings is 1. The van der Waals surface area contributed by atoms with Gasteiger partial charge in [0.05, 0.1) is 17.1 Å². The number of amides is 1. The maximum atomic E-state index is 13.5. The molecule has 1 aromatic carbocycles. The van der Waals surface area contributed by atoms with Crippen molar-refractivity contribution in [2.24, 2.45) is 0 Å². The predicted octanol–water partition coefficient (Wildman–Crippen LogP) is 1.22. The standard InChI is InChI=1S/C15H19FN4O/c1-2-7-20-13-8-10(16)3-4-11(13)19-14(20)9-12-15(21)18-6-5-17-12/h3-4,8,12,17H,2,5-7,9H2,1H3,(H,18,21). The summed E-state index contributed by atoms with van der Waals surface area (Å²) in [7, 11) is 0. The van der Waals surface area contributed by atoms with E-state index in [4.69, 9.17) is 0 Å². The van der Waals surface area contributed by atoms with E-state index in [0.717, 1.165) is 36.4 Å². The van der Waals surface area contributed by atoms with Crippen LogP contribution < -0.4 is 10.6 Å². The lowest BCUT2D eigenvalue weighted by atomic mass is 10.1. The largest absolute Gasteiger partial charge is 0.353 e. The van der Waals surface area contributed by atoms with Gasteiger partial charge in [-0.25, -0.2) is 9.37 Å². The van der Waals surface area contributed by atoms with Gasteiger partial charge in [-0.05, 0) is 24.6 Å². The van der Waals surface area contributed by atoms with E-state index in [1.54, 1.807) is 6.07 Å². The van der Waals surface area contributed by atoms with Gasteiger partial charge in [0.2, 0.25) is 5.91 Å². The number of benzene rings is 1. The Morgan fingerprint density at radius 3 is 3.05 bits per heavy atom. The summed E-state index contributed by atoms with van der Waals surface area (Å²) in [5.74, 6) is 0.564. The lowest BCUT2D eigenvalue weighted by Gasteiger charge is -2.23. The zero-order valence-electron chi connectivity index (χ0n) is 12.0. The fourth-order valence-electron chi connectivity index (χ4n) is 2.77. The number of carbonyl (C=O) groups is 1. The third-order valence-corrected chi connectivity index (χ3v) is 3.75. The number of aryl methyl sites for hydroxylation is 1. The van der Waals surface area contributed by atoms with Gasteiger partial charge in [-0.3, -0.25) is 4.79 Å². The smallest absolute Gasteiger partial charge is 0.237 e. The van der Waals surface area contributed by atoms with Crippen LogP contribution in [0.2, 0.25) is 0 Å². The van der Waals surface area contributed by atoms with E-state index in [2.05, 4.69) is 22.5 Å². The van der Waals surface area contributed by atoms with Crippen LogP contribution in [0.25, 0.3) is 11.0 Å². The van der Waals surface area contributed by atoms with Gasteiger partial charge < -0.3 is 15.2 Å². The predicted molar refractivity (Wildman–Crippen MR) is 78.5 cm³/mol.